The fourth-order valence-corrected chi connectivity index (χ4v) is 6.51. The zero-order chi connectivity index (χ0) is 37.3. The Labute approximate surface area is 316 Å². The molecule has 6 heteroatoms. The molecule has 0 spiro atoms. The van der Waals surface area contributed by atoms with Crippen molar-refractivity contribution in [1.82, 2.24) is 5.32 Å². The molecule has 2 atom stereocenters. The van der Waals surface area contributed by atoms with Gasteiger partial charge in [-0.05, 0) is 77.0 Å². The van der Waals surface area contributed by atoms with Crippen LogP contribution in [0.4, 0.5) is 0 Å². The first kappa shape index (κ1) is 49.3. The summed E-state index contributed by atoms with van der Waals surface area (Å²) in [6, 6.07) is -0.565. The Morgan fingerprint density at radius 1 is 0.529 bits per heavy atom. The maximum atomic E-state index is 12.4. The van der Waals surface area contributed by atoms with Gasteiger partial charge in [0.1, 0.15) is 0 Å². The summed E-state index contributed by atoms with van der Waals surface area (Å²) in [6.07, 6.45) is 45.6. The van der Waals surface area contributed by atoms with E-state index < -0.39 is 12.1 Å². The molecule has 0 saturated heterocycles. The highest BCUT2D eigenvalue weighted by Gasteiger charge is 2.20. The van der Waals surface area contributed by atoms with E-state index in [-0.39, 0.29) is 18.5 Å². The average Bonchev–Trinajstić information content (AvgIpc) is 3.13. The molecule has 0 aromatic carbocycles. The second kappa shape index (κ2) is 41.1. The van der Waals surface area contributed by atoms with Crippen LogP contribution < -0.4 is 5.32 Å². The van der Waals surface area contributed by atoms with Gasteiger partial charge in [-0.1, -0.05) is 160 Å². The van der Waals surface area contributed by atoms with Gasteiger partial charge in [-0.15, -0.1) is 0 Å². The molecule has 0 heterocycles. The Morgan fingerprint density at radius 3 is 1.41 bits per heavy atom. The lowest BCUT2D eigenvalue weighted by Crippen LogP contribution is -2.45. The summed E-state index contributed by atoms with van der Waals surface area (Å²) in [7, 11) is 0. The summed E-state index contributed by atoms with van der Waals surface area (Å²) in [6.45, 7) is 4.82. The highest BCUT2D eigenvalue weighted by atomic mass is 16.5. The SMILES string of the molecule is CCCCCC/C=C\CCCCCCCC(=O)OCCCC/C=C\CCCCCCC(=O)NC(CO)C(O)CCCCCCCCCCCCC. The molecule has 3 N–H and O–H groups in total. The molecule has 0 bridgehead atoms. The second-order valence-electron chi connectivity index (χ2n) is 15.0. The molecule has 0 aliphatic carbocycles. The number of aliphatic hydroxyl groups is 2. The van der Waals surface area contributed by atoms with Crippen molar-refractivity contribution in [3.8, 4) is 0 Å². The van der Waals surface area contributed by atoms with E-state index in [2.05, 4.69) is 43.5 Å². The van der Waals surface area contributed by atoms with Gasteiger partial charge in [-0.3, -0.25) is 9.59 Å². The van der Waals surface area contributed by atoms with Crippen LogP contribution in [0.2, 0.25) is 0 Å². The van der Waals surface area contributed by atoms with Gasteiger partial charge in [-0.2, -0.15) is 0 Å². The second-order valence-corrected chi connectivity index (χ2v) is 15.0. The predicted octanol–water partition coefficient (Wildman–Crippen LogP) is 12.4. The largest absolute Gasteiger partial charge is 0.466 e. The number of allylic oxidation sites excluding steroid dienone is 4. The van der Waals surface area contributed by atoms with E-state index in [1.807, 2.05) is 0 Å². The number of unbranched alkanes of at least 4 members (excludes halogenated alkanes) is 25. The van der Waals surface area contributed by atoms with Gasteiger partial charge in [0.15, 0.2) is 0 Å². The number of nitrogens with one attached hydrogen (secondary N) is 1. The van der Waals surface area contributed by atoms with Crippen LogP contribution in [0.3, 0.4) is 0 Å². The van der Waals surface area contributed by atoms with E-state index in [0.717, 1.165) is 77.0 Å². The summed E-state index contributed by atoms with van der Waals surface area (Å²) in [5.41, 5.74) is 0. The van der Waals surface area contributed by atoms with E-state index in [1.54, 1.807) is 0 Å². The zero-order valence-electron chi connectivity index (χ0n) is 33.8. The fourth-order valence-electron chi connectivity index (χ4n) is 6.51. The average molecular weight is 720 g/mol. The van der Waals surface area contributed by atoms with Crippen molar-refractivity contribution in [2.75, 3.05) is 13.2 Å². The summed E-state index contributed by atoms with van der Waals surface area (Å²) < 4.78 is 5.41. The number of hydrogen-bond acceptors (Lipinski definition) is 5. The third-order valence-corrected chi connectivity index (χ3v) is 9.97. The number of aliphatic hydroxyl groups excluding tert-OH is 2. The molecule has 51 heavy (non-hydrogen) atoms. The molecule has 2 unspecified atom stereocenters. The first-order valence-corrected chi connectivity index (χ1v) is 22.1. The monoisotopic (exact) mass is 720 g/mol. The van der Waals surface area contributed by atoms with Gasteiger partial charge in [0.05, 0.1) is 25.4 Å². The topological polar surface area (TPSA) is 95.9 Å². The van der Waals surface area contributed by atoms with E-state index in [1.165, 1.54) is 116 Å². The van der Waals surface area contributed by atoms with Crippen molar-refractivity contribution < 1.29 is 24.5 Å². The lowest BCUT2D eigenvalue weighted by atomic mass is 10.0. The highest BCUT2D eigenvalue weighted by Crippen LogP contribution is 2.14. The number of ether oxygens (including phenoxy) is 1. The fraction of sp³-hybridized carbons (Fsp3) is 0.867. The quantitative estimate of drug-likeness (QED) is 0.0333. The van der Waals surface area contributed by atoms with Gasteiger partial charge in [0.25, 0.3) is 0 Å². The Balaban J connectivity index is 3.55. The minimum absolute atomic E-state index is 0.0466. The zero-order valence-corrected chi connectivity index (χ0v) is 33.8. The Bertz CT molecular complexity index is 797. The van der Waals surface area contributed by atoms with Gasteiger partial charge in [0.2, 0.25) is 5.91 Å². The third-order valence-electron chi connectivity index (χ3n) is 9.97. The summed E-state index contributed by atoms with van der Waals surface area (Å²) in [5, 5.41) is 23.0. The third kappa shape index (κ3) is 37.9. The van der Waals surface area contributed by atoms with Crippen LogP contribution >= 0.6 is 0 Å². The molecule has 0 aliphatic rings. The Morgan fingerprint density at radius 2 is 0.922 bits per heavy atom. The first-order valence-electron chi connectivity index (χ1n) is 22.1. The smallest absolute Gasteiger partial charge is 0.305 e. The van der Waals surface area contributed by atoms with Gasteiger partial charge >= 0.3 is 5.97 Å². The number of amides is 1. The number of rotatable bonds is 40. The van der Waals surface area contributed by atoms with Crippen LogP contribution in [0, 0.1) is 0 Å². The molecule has 300 valence electrons. The Kier molecular flexibility index (Phi) is 39.8. The highest BCUT2D eigenvalue weighted by molar-refractivity contribution is 5.76. The standard InChI is InChI=1S/C45H85NO5/c1-3-5-7-9-11-13-15-16-18-23-27-31-35-39-45(50)51-40-36-32-28-24-20-19-22-26-30-34-38-44(49)46-42(41-47)43(48)37-33-29-25-21-17-14-12-10-8-6-4-2/h13,15,20,24,42-43,47-48H,3-12,14,16-19,21-23,25-41H2,1-2H3,(H,46,49)/b15-13-,24-20-. The van der Waals surface area contributed by atoms with Crippen LogP contribution in [0.5, 0.6) is 0 Å². The van der Waals surface area contributed by atoms with E-state index in [4.69, 9.17) is 4.74 Å². The normalized spacial score (nSPS) is 12.9. The van der Waals surface area contributed by atoms with Crippen molar-refractivity contribution in [2.24, 2.45) is 0 Å². The Hall–Kier alpha value is -1.66. The first-order chi connectivity index (χ1) is 25.0. The van der Waals surface area contributed by atoms with Crippen LogP contribution in [0.25, 0.3) is 0 Å². The minimum Gasteiger partial charge on any atom is -0.466 e. The summed E-state index contributed by atoms with van der Waals surface area (Å²) in [5.74, 6) is -0.120. The maximum Gasteiger partial charge on any atom is 0.305 e. The molecule has 0 fully saturated rings. The molecule has 0 radical (unpaired) electrons. The molecule has 0 aromatic heterocycles. The molecular formula is C45H85NO5. The van der Waals surface area contributed by atoms with E-state index in [0.29, 0.717) is 25.9 Å². The van der Waals surface area contributed by atoms with Crippen molar-refractivity contribution >= 4 is 11.9 Å². The number of hydrogen-bond donors (Lipinski definition) is 3. The molecule has 0 rings (SSSR count). The number of esters is 1. The van der Waals surface area contributed by atoms with Crippen LogP contribution in [0.15, 0.2) is 24.3 Å². The van der Waals surface area contributed by atoms with Crippen LogP contribution in [0.1, 0.15) is 226 Å². The molecule has 1 amide bonds. The predicted molar refractivity (Wildman–Crippen MR) is 218 cm³/mol. The lowest BCUT2D eigenvalue weighted by Gasteiger charge is -2.22. The van der Waals surface area contributed by atoms with Crippen molar-refractivity contribution in [1.29, 1.82) is 0 Å². The van der Waals surface area contributed by atoms with Gasteiger partial charge in [-0.25, -0.2) is 0 Å². The lowest BCUT2D eigenvalue weighted by molar-refractivity contribution is -0.143. The van der Waals surface area contributed by atoms with E-state index in [9.17, 15) is 19.8 Å². The number of carbonyl (C=O) groups excluding carboxylic acids is 2. The van der Waals surface area contributed by atoms with Crippen molar-refractivity contribution in [3.63, 3.8) is 0 Å². The molecule has 0 saturated carbocycles. The number of carbonyl (C=O) groups is 2. The van der Waals surface area contributed by atoms with E-state index >= 15 is 0 Å². The maximum absolute atomic E-state index is 12.4. The van der Waals surface area contributed by atoms with Crippen LogP contribution in [-0.2, 0) is 14.3 Å². The molecule has 0 aliphatic heterocycles. The molecule has 0 aromatic rings. The minimum atomic E-state index is -0.684. The van der Waals surface area contributed by atoms with Gasteiger partial charge in [0, 0.05) is 12.8 Å². The summed E-state index contributed by atoms with van der Waals surface area (Å²) in [4.78, 5) is 24.3. The van der Waals surface area contributed by atoms with Gasteiger partial charge < -0.3 is 20.3 Å². The summed E-state index contributed by atoms with van der Waals surface area (Å²) >= 11 is 0. The van der Waals surface area contributed by atoms with Crippen molar-refractivity contribution in [3.05, 3.63) is 24.3 Å². The van der Waals surface area contributed by atoms with Crippen molar-refractivity contribution in [2.45, 2.75) is 238 Å². The molecule has 6 nitrogen and oxygen atoms in total. The van der Waals surface area contributed by atoms with Crippen LogP contribution in [-0.4, -0.2) is 47.4 Å². The molecular weight excluding hydrogens is 634 g/mol.